The summed E-state index contributed by atoms with van der Waals surface area (Å²) in [5, 5.41) is 2.95. The molecule has 0 aromatic heterocycles. The Balaban J connectivity index is 3.08. The Kier molecular flexibility index (Phi) is 3.45. The van der Waals surface area contributed by atoms with Gasteiger partial charge in [0.25, 0.3) is 0 Å². The predicted octanol–water partition coefficient (Wildman–Crippen LogP) is 2.04. The minimum absolute atomic E-state index is 0.217. The highest BCUT2D eigenvalue weighted by atomic mass is 19.1. The topological polar surface area (TPSA) is 38.3 Å². The lowest BCUT2D eigenvalue weighted by Crippen LogP contribution is -2.08. The van der Waals surface area contributed by atoms with Crippen molar-refractivity contribution in [1.82, 2.24) is 0 Å². The van der Waals surface area contributed by atoms with Crippen molar-refractivity contribution in [1.29, 1.82) is 0 Å². The van der Waals surface area contributed by atoms with E-state index in [1.165, 1.54) is 19.2 Å². The summed E-state index contributed by atoms with van der Waals surface area (Å²) in [6.07, 6.45) is 0. The molecule has 0 radical (unpaired) electrons. The standard InChI is InChI=1S/C10H12FNO2/c1-3-12-9-5-4-7(11)6-8(9)10(13)14-2/h4-6,12H,3H2,1-2H3. The van der Waals surface area contributed by atoms with E-state index in [9.17, 15) is 9.18 Å². The van der Waals surface area contributed by atoms with Crippen LogP contribution in [0.1, 0.15) is 17.3 Å². The predicted molar refractivity (Wildman–Crippen MR) is 51.9 cm³/mol. The fraction of sp³-hybridized carbons (Fsp3) is 0.300. The fourth-order valence-corrected chi connectivity index (χ4v) is 1.14. The smallest absolute Gasteiger partial charge is 0.340 e. The number of rotatable bonds is 3. The van der Waals surface area contributed by atoms with E-state index in [2.05, 4.69) is 10.1 Å². The average molecular weight is 197 g/mol. The number of ether oxygens (including phenoxy) is 1. The summed E-state index contributed by atoms with van der Waals surface area (Å²) in [5.74, 6) is -0.993. The number of esters is 1. The first-order valence-corrected chi connectivity index (χ1v) is 4.30. The van der Waals surface area contributed by atoms with Gasteiger partial charge in [0.15, 0.2) is 0 Å². The van der Waals surface area contributed by atoms with Crippen LogP contribution in [0.5, 0.6) is 0 Å². The van der Waals surface area contributed by atoms with Gasteiger partial charge >= 0.3 is 5.97 Å². The summed E-state index contributed by atoms with van der Waals surface area (Å²) in [4.78, 5) is 11.2. The maximum atomic E-state index is 12.8. The van der Waals surface area contributed by atoms with Crippen LogP contribution in [0.2, 0.25) is 0 Å². The lowest BCUT2D eigenvalue weighted by Gasteiger charge is -2.08. The normalized spacial score (nSPS) is 9.64. The van der Waals surface area contributed by atoms with E-state index in [0.29, 0.717) is 12.2 Å². The molecule has 1 rings (SSSR count). The molecule has 3 nitrogen and oxygen atoms in total. The molecule has 0 unspecified atom stereocenters. The second kappa shape index (κ2) is 4.60. The Morgan fingerprint density at radius 2 is 2.29 bits per heavy atom. The van der Waals surface area contributed by atoms with Crippen molar-refractivity contribution in [3.8, 4) is 0 Å². The number of nitrogens with one attached hydrogen (secondary N) is 1. The van der Waals surface area contributed by atoms with Crippen molar-refractivity contribution in [3.63, 3.8) is 0 Å². The molecule has 1 aromatic carbocycles. The molecule has 0 spiro atoms. The van der Waals surface area contributed by atoms with E-state index in [1.54, 1.807) is 0 Å². The summed E-state index contributed by atoms with van der Waals surface area (Å²) in [7, 11) is 1.27. The van der Waals surface area contributed by atoms with Gasteiger partial charge in [0.1, 0.15) is 5.82 Å². The molecule has 0 atom stereocenters. The fourth-order valence-electron chi connectivity index (χ4n) is 1.14. The van der Waals surface area contributed by atoms with Gasteiger partial charge in [-0.3, -0.25) is 0 Å². The van der Waals surface area contributed by atoms with E-state index in [-0.39, 0.29) is 5.56 Å². The molecule has 0 heterocycles. The summed E-state index contributed by atoms with van der Waals surface area (Å²) in [6.45, 7) is 2.56. The van der Waals surface area contributed by atoms with Gasteiger partial charge in [-0.15, -0.1) is 0 Å². The molecule has 0 aliphatic carbocycles. The van der Waals surface area contributed by atoms with E-state index in [1.807, 2.05) is 6.92 Å². The van der Waals surface area contributed by atoms with Crippen molar-refractivity contribution >= 4 is 11.7 Å². The Bertz CT molecular complexity index is 339. The number of hydrogen-bond acceptors (Lipinski definition) is 3. The van der Waals surface area contributed by atoms with E-state index in [4.69, 9.17) is 0 Å². The molecule has 0 amide bonds. The first kappa shape index (κ1) is 10.5. The molecule has 0 bridgehead atoms. The van der Waals surface area contributed by atoms with Crippen molar-refractivity contribution in [2.45, 2.75) is 6.92 Å². The van der Waals surface area contributed by atoms with Crippen LogP contribution < -0.4 is 5.32 Å². The largest absolute Gasteiger partial charge is 0.465 e. The van der Waals surface area contributed by atoms with Gasteiger partial charge in [-0.1, -0.05) is 0 Å². The summed E-state index contributed by atoms with van der Waals surface area (Å²) in [5.41, 5.74) is 0.801. The Hall–Kier alpha value is -1.58. The summed E-state index contributed by atoms with van der Waals surface area (Å²) < 4.78 is 17.4. The van der Waals surface area contributed by atoms with E-state index in [0.717, 1.165) is 6.07 Å². The third-order valence-corrected chi connectivity index (χ3v) is 1.75. The van der Waals surface area contributed by atoms with Crippen molar-refractivity contribution < 1.29 is 13.9 Å². The molecule has 14 heavy (non-hydrogen) atoms. The van der Waals surface area contributed by atoms with E-state index >= 15 is 0 Å². The minimum atomic E-state index is -0.541. The van der Waals surface area contributed by atoms with Crippen molar-refractivity contribution in [2.75, 3.05) is 19.0 Å². The second-order valence-electron chi connectivity index (χ2n) is 2.71. The van der Waals surface area contributed by atoms with Crippen LogP contribution >= 0.6 is 0 Å². The third kappa shape index (κ3) is 2.22. The highest BCUT2D eigenvalue weighted by molar-refractivity contribution is 5.95. The SMILES string of the molecule is CCNc1ccc(F)cc1C(=O)OC. The van der Waals surface area contributed by atoms with Crippen LogP contribution in [0.4, 0.5) is 10.1 Å². The third-order valence-electron chi connectivity index (χ3n) is 1.75. The highest BCUT2D eigenvalue weighted by Crippen LogP contribution is 2.17. The van der Waals surface area contributed by atoms with Gasteiger partial charge < -0.3 is 10.1 Å². The Morgan fingerprint density at radius 1 is 1.57 bits per heavy atom. The van der Waals surface area contributed by atoms with Gasteiger partial charge in [-0.2, -0.15) is 0 Å². The molecule has 4 heteroatoms. The summed E-state index contributed by atoms with van der Waals surface area (Å²) >= 11 is 0. The quantitative estimate of drug-likeness (QED) is 0.753. The van der Waals surface area contributed by atoms with E-state index < -0.39 is 11.8 Å². The van der Waals surface area contributed by atoms with Crippen LogP contribution in [0, 0.1) is 5.82 Å². The van der Waals surface area contributed by atoms with Gasteiger partial charge in [-0.05, 0) is 25.1 Å². The zero-order chi connectivity index (χ0) is 10.6. The lowest BCUT2D eigenvalue weighted by atomic mass is 10.1. The molecule has 76 valence electrons. The van der Waals surface area contributed by atoms with Crippen LogP contribution in [0.25, 0.3) is 0 Å². The monoisotopic (exact) mass is 197 g/mol. The molecule has 0 fully saturated rings. The molecule has 0 aliphatic heterocycles. The molecule has 0 saturated heterocycles. The molecule has 1 N–H and O–H groups in total. The number of anilines is 1. The minimum Gasteiger partial charge on any atom is -0.465 e. The van der Waals surface area contributed by atoms with Gasteiger partial charge in [0.2, 0.25) is 0 Å². The van der Waals surface area contributed by atoms with Crippen molar-refractivity contribution in [3.05, 3.63) is 29.6 Å². The average Bonchev–Trinajstić information content (AvgIpc) is 2.20. The maximum absolute atomic E-state index is 12.8. The first-order chi connectivity index (χ1) is 6.69. The summed E-state index contributed by atoms with van der Waals surface area (Å²) in [6, 6.07) is 3.97. The zero-order valence-electron chi connectivity index (χ0n) is 8.13. The zero-order valence-corrected chi connectivity index (χ0v) is 8.13. The number of carbonyl (C=O) groups is 1. The first-order valence-electron chi connectivity index (χ1n) is 4.30. The van der Waals surface area contributed by atoms with Gasteiger partial charge in [-0.25, -0.2) is 9.18 Å². The lowest BCUT2D eigenvalue weighted by molar-refractivity contribution is 0.0601. The molecular weight excluding hydrogens is 185 g/mol. The van der Waals surface area contributed by atoms with Crippen LogP contribution in [-0.4, -0.2) is 19.6 Å². The molecule has 0 aliphatic rings. The number of halogens is 1. The molecule has 1 aromatic rings. The number of methoxy groups -OCH3 is 1. The number of hydrogen-bond donors (Lipinski definition) is 1. The second-order valence-corrected chi connectivity index (χ2v) is 2.71. The number of carbonyl (C=O) groups excluding carboxylic acids is 1. The van der Waals surface area contributed by atoms with Crippen LogP contribution in [-0.2, 0) is 4.74 Å². The maximum Gasteiger partial charge on any atom is 0.340 e. The van der Waals surface area contributed by atoms with Gasteiger partial charge in [0, 0.05) is 12.2 Å². The molecule has 0 saturated carbocycles. The van der Waals surface area contributed by atoms with Gasteiger partial charge in [0.05, 0.1) is 12.7 Å². The van der Waals surface area contributed by atoms with Crippen LogP contribution in [0.15, 0.2) is 18.2 Å². The Labute approximate surface area is 81.9 Å². The van der Waals surface area contributed by atoms with Crippen molar-refractivity contribution in [2.24, 2.45) is 0 Å². The Morgan fingerprint density at radius 3 is 2.86 bits per heavy atom. The number of benzene rings is 1. The molecular formula is C10H12FNO2. The van der Waals surface area contributed by atoms with Crippen LogP contribution in [0.3, 0.4) is 0 Å². The highest BCUT2D eigenvalue weighted by Gasteiger charge is 2.11.